The lowest BCUT2D eigenvalue weighted by Crippen LogP contribution is -2.49. The molecule has 1 saturated heterocycles. The zero-order valence-electron chi connectivity index (χ0n) is 13.5. The molecule has 1 fully saturated rings. The van der Waals surface area contributed by atoms with Gasteiger partial charge in [0.25, 0.3) is 0 Å². The summed E-state index contributed by atoms with van der Waals surface area (Å²) in [5.74, 6) is 1.08. The standard InChI is InChI=1S/C16H28N2OSi/c1-16(2,3)20(4,5)19-14-9-8-12-18(13-14)15-10-6-7-11-17-15/h6-7,10-11,14H,8-9,12-13H2,1-5H3/t14-/m1/s1. The largest absolute Gasteiger partial charge is 0.412 e. The Bertz CT molecular complexity index is 428. The van der Waals surface area contributed by atoms with Gasteiger partial charge in [0.15, 0.2) is 8.32 Å². The van der Waals surface area contributed by atoms with Gasteiger partial charge in [-0.2, -0.15) is 0 Å². The molecule has 1 atom stereocenters. The predicted molar refractivity (Wildman–Crippen MR) is 87.8 cm³/mol. The third kappa shape index (κ3) is 3.61. The molecule has 0 aromatic carbocycles. The van der Waals surface area contributed by atoms with E-state index in [9.17, 15) is 0 Å². The third-order valence-corrected chi connectivity index (χ3v) is 9.15. The minimum absolute atomic E-state index is 0.278. The van der Waals surface area contributed by atoms with E-state index in [0.29, 0.717) is 6.10 Å². The Balaban J connectivity index is 2.01. The van der Waals surface area contributed by atoms with E-state index in [2.05, 4.69) is 55.9 Å². The smallest absolute Gasteiger partial charge is 0.192 e. The molecule has 0 amide bonds. The van der Waals surface area contributed by atoms with Gasteiger partial charge < -0.3 is 9.33 Å². The van der Waals surface area contributed by atoms with Gasteiger partial charge in [-0.15, -0.1) is 0 Å². The zero-order valence-corrected chi connectivity index (χ0v) is 14.5. The molecule has 112 valence electrons. The van der Waals surface area contributed by atoms with Crippen LogP contribution in [0.15, 0.2) is 24.4 Å². The topological polar surface area (TPSA) is 25.4 Å². The Hall–Kier alpha value is -0.873. The van der Waals surface area contributed by atoms with Gasteiger partial charge in [-0.05, 0) is 43.1 Å². The second-order valence-corrected chi connectivity index (χ2v) is 12.0. The molecular formula is C16H28N2OSi. The number of aromatic nitrogens is 1. The summed E-state index contributed by atoms with van der Waals surface area (Å²) >= 11 is 0. The average molecular weight is 292 g/mol. The molecule has 1 aromatic rings. The van der Waals surface area contributed by atoms with E-state index in [4.69, 9.17) is 4.43 Å². The van der Waals surface area contributed by atoms with Crippen LogP contribution in [0.5, 0.6) is 0 Å². The minimum atomic E-state index is -1.67. The number of hydrogen-bond donors (Lipinski definition) is 0. The Morgan fingerprint density at radius 1 is 1.30 bits per heavy atom. The van der Waals surface area contributed by atoms with Crippen LogP contribution in [0.4, 0.5) is 5.82 Å². The molecule has 0 spiro atoms. The van der Waals surface area contributed by atoms with Crippen LogP contribution in [0, 0.1) is 0 Å². The van der Waals surface area contributed by atoms with Crippen molar-refractivity contribution in [1.82, 2.24) is 4.98 Å². The van der Waals surface area contributed by atoms with Gasteiger partial charge >= 0.3 is 0 Å². The lowest BCUT2D eigenvalue weighted by Gasteiger charge is -2.42. The summed E-state index contributed by atoms with van der Waals surface area (Å²) in [6.07, 6.45) is 4.59. The Kier molecular flexibility index (Phi) is 4.54. The molecule has 4 heteroatoms. The second-order valence-electron chi connectivity index (χ2n) is 7.28. The molecule has 3 nitrogen and oxygen atoms in total. The Morgan fingerprint density at radius 3 is 2.65 bits per heavy atom. The van der Waals surface area contributed by atoms with Crippen LogP contribution >= 0.6 is 0 Å². The molecule has 20 heavy (non-hydrogen) atoms. The van der Waals surface area contributed by atoms with Gasteiger partial charge in [0.05, 0.1) is 6.10 Å². The number of nitrogens with zero attached hydrogens (tertiary/aromatic N) is 2. The van der Waals surface area contributed by atoms with Crippen LogP contribution in [0.2, 0.25) is 18.1 Å². The van der Waals surface area contributed by atoms with Crippen LogP contribution < -0.4 is 4.90 Å². The highest BCUT2D eigenvalue weighted by atomic mass is 28.4. The summed E-state index contributed by atoms with van der Waals surface area (Å²) in [5.41, 5.74) is 0. The van der Waals surface area contributed by atoms with E-state index in [1.165, 1.54) is 12.8 Å². The maximum absolute atomic E-state index is 6.56. The molecule has 2 heterocycles. The van der Waals surface area contributed by atoms with E-state index >= 15 is 0 Å². The van der Waals surface area contributed by atoms with E-state index in [0.717, 1.165) is 18.9 Å². The molecule has 0 aliphatic carbocycles. The lowest BCUT2D eigenvalue weighted by molar-refractivity contribution is 0.160. The first kappa shape index (κ1) is 15.5. The van der Waals surface area contributed by atoms with Crippen LogP contribution in [0.1, 0.15) is 33.6 Å². The van der Waals surface area contributed by atoms with Crippen molar-refractivity contribution in [2.75, 3.05) is 18.0 Å². The van der Waals surface area contributed by atoms with Crippen molar-refractivity contribution in [3.63, 3.8) is 0 Å². The summed E-state index contributed by atoms with van der Waals surface area (Å²) in [4.78, 5) is 6.83. The quantitative estimate of drug-likeness (QED) is 0.785. The summed E-state index contributed by atoms with van der Waals surface area (Å²) in [6, 6.07) is 6.12. The van der Waals surface area contributed by atoms with Gasteiger partial charge in [0, 0.05) is 19.3 Å². The number of hydrogen-bond acceptors (Lipinski definition) is 3. The first-order valence-corrected chi connectivity index (χ1v) is 10.5. The van der Waals surface area contributed by atoms with Crippen molar-refractivity contribution in [3.8, 4) is 0 Å². The van der Waals surface area contributed by atoms with Crippen molar-refractivity contribution in [1.29, 1.82) is 0 Å². The average Bonchev–Trinajstić information content (AvgIpc) is 2.38. The zero-order chi connectivity index (χ0) is 14.8. The molecule has 1 aromatic heterocycles. The van der Waals surface area contributed by atoms with E-state index in [1.54, 1.807) is 0 Å². The normalized spacial score (nSPS) is 21.1. The Morgan fingerprint density at radius 2 is 2.05 bits per heavy atom. The fourth-order valence-electron chi connectivity index (χ4n) is 2.38. The van der Waals surface area contributed by atoms with Crippen LogP contribution in [-0.2, 0) is 4.43 Å². The molecule has 0 N–H and O–H groups in total. The van der Waals surface area contributed by atoms with E-state index in [1.807, 2.05) is 12.3 Å². The number of anilines is 1. The van der Waals surface area contributed by atoms with Gasteiger partial charge in [-0.1, -0.05) is 26.8 Å². The Labute approximate surface area is 124 Å². The van der Waals surface area contributed by atoms with Crippen molar-refractivity contribution in [2.45, 2.75) is 57.8 Å². The van der Waals surface area contributed by atoms with Crippen molar-refractivity contribution >= 4 is 14.1 Å². The van der Waals surface area contributed by atoms with E-state index < -0.39 is 8.32 Å². The summed E-state index contributed by atoms with van der Waals surface area (Å²) < 4.78 is 6.56. The maximum Gasteiger partial charge on any atom is 0.192 e. The van der Waals surface area contributed by atoms with Crippen molar-refractivity contribution < 1.29 is 4.43 Å². The third-order valence-electron chi connectivity index (χ3n) is 4.62. The SMILES string of the molecule is CC(C)(C)[Si](C)(C)O[C@@H]1CCCN(c2ccccn2)C1. The molecule has 1 aliphatic rings. The molecule has 2 rings (SSSR count). The highest BCUT2D eigenvalue weighted by molar-refractivity contribution is 6.74. The van der Waals surface area contributed by atoms with Gasteiger partial charge in [0.1, 0.15) is 5.82 Å². The number of piperidine rings is 1. The van der Waals surface area contributed by atoms with Gasteiger partial charge in [-0.25, -0.2) is 4.98 Å². The first-order valence-electron chi connectivity index (χ1n) is 7.63. The summed E-state index contributed by atoms with van der Waals surface area (Å²) in [7, 11) is -1.67. The molecule has 0 radical (unpaired) electrons. The lowest BCUT2D eigenvalue weighted by atomic mass is 10.1. The van der Waals surface area contributed by atoms with Crippen molar-refractivity contribution in [2.24, 2.45) is 0 Å². The molecule has 0 unspecified atom stereocenters. The predicted octanol–water partition coefficient (Wildman–Crippen LogP) is 4.07. The number of rotatable bonds is 3. The molecule has 0 bridgehead atoms. The summed E-state index contributed by atoms with van der Waals surface area (Å²) in [6.45, 7) is 13.7. The van der Waals surface area contributed by atoms with Crippen LogP contribution in [-0.4, -0.2) is 32.5 Å². The maximum atomic E-state index is 6.56. The van der Waals surface area contributed by atoms with Gasteiger partial charge in [0.2, 0.25) is 0 Å². The summed E-state index contributed by atoms with van der Waals surface area (Å²) in [5, 5.41) is 0.278. The fourth-order valence-corrected chi connectivity index (χ4v) is 3.76. The monoisotopic (exact) mass is 292 g/mol. The highest BCUT2D eigenvalue weighted by Gasteiger charge is 2.39. The van der Waals surface area contributed by atoms with E-state index in [-0.39, 0.29) is 5.04 Å². The first-order chi connectivity index (χ1) is 9.29. The number of pyridine rings is 1. The molecule has 0 saturated carbocycles. The fraction of sp³-hybridized carbons (Fsp3) is 0.688. The second kappa shape index (κ2) is 5.86. The van der Waals surface area contributed by atoms with Gasteiger partial charge in [-0.3, -0.25) is 0 Å². The minimum Gasteiger partial charge on any atom is -0.412 e. The highest BCUT2D eigenvalue weighted by Crippen LogP contribution is 2.38. The molecule has 1 aliphatic heterocycles. The molecular weight excluding hydrogens is 264 g/mol. The van der Waals surface area contributed by atoms with Crippen LogP contribution in [0.25, 0.3) is 0 Å². The van der Waals surface area contributed by atoms with Crippen LogP contribution in [0.3, 0.4) is 0 Å². The van der Waals surface area contributed by atoms with Crippen molar-refractivity contribution in [3.05, 3.63) is 24.4 Å².